The minimum atomic E-state index is -3.91. The monoisotopic (exact) mass is 745 g/mol. The third kappa shape index (κ3) is 7.74. The summed E-state index contributed by atoms with van der Waals surface area (Å²) in [4.78, 5) is 60.3. The van der Waals surface area contributed by atoms with E-state index in [0.29, 0.717) is 53.6 Å². The van der Waals surface area contributed by atoms with Crippen molar-refractivity contribution in [3.8, 4) is 11.6 Å². The normalized spacial score (nSPS) is 30.5. The van der Waals surface area contributed by atoms with Crippen LogP contribution in [-0.2, 0) is 24.4 Å². The summed E-state index contributed by atoms with van der Waals surface area (Å²) in [5, 5.41) is 16.1. The molecule has 2 unspecified atom stereocenters. The minimum absolute atomic E-state index is 0.0150. The van der Waals surface area contributed by atoms with E-state index in [1.165, 1.54) is 18.2 Å². The Morgan fingerprint density at radius 3 is 2.63 bits per heavy atom. The van der Waals surface area contributed by atoms with Crippen LogP contribution < -0.4 is 24.8 Å². The molecule has 4 amide bonds. The maximum atomic E-state index is 14.5. The van der Waals surface area contributed by atoms with Crippen LogP contribution in [0.4, 0.5) is 4.79 Å². The number of pyridine rings is 1. The number of nitrogens with one attached hydrogen (secondary N) is 3. The zero-order valence-corrected chi connectivity index (χ0v) is 30.3. The predicted molar refractivity (Wildman–Crippen MR) is 188 cm³/mol. The first kappa shape index (κ1) is 36.7. The van der Waals surface area contributed by atoms with Crippen LogP contribution in [0.1, 0.15) is 65.2 Å². The molecule has 1 aromatic carbocycles. The van der Waals surface area contributed by atoms with Gasteiger partial charge in [0.25, 0.3) is 5.91 Å². The van der Waals surface area contributed by atoms with E-state index in [0.717, 1.165) is 6.42 Å². The van der Waals surface area contributed by atoms with E-state index in [-0.39, 0.29) is 37.1 Å². The molecule has 3 heterocycles. The van der Waals surface area contributed by atoms with Gasteiger partial charge in [-0.15, -0.1) is 0 Å². The summed E-state index contributed by atoms with van der Waals surface area (Å²) >= 11 is 6.32. The Morgan fingerprint density at radius 1 is 1.18 bits per heavy atom. The highest BCUT2D eigenvalue weighted by Crippen LogP contribution is 2.46. The molecule has 2 saturated carbocycles. The Hall–Kier alpha value is -4.11. The van der Waals surface area contributed by atoms with Gasteiger partial charge < -0.3 is 30.1 Å². The van der Waals surface area contributed by atoms with E-state index in [2.05, 4.69) is 20.3 Å². The van der Waals surface area contributed by atoms with Crippen LogP contribution in [0.5, 0.6) is 11.6 Å². The van der Waals surface area contributed by atoms with Gasteiger partial charge in [0.2, 0.25) is 27.7 Å². The second-order valence-electron chi connectivity index (χ2n) is 14.2. The van der Waals surface area contributed by atoms with Gasteiger partial charge in [-0.05, 0) is 68.6 Å². The van der Waals surface area contributed by atoms with E-state index in [1.807, 2.05) is 26.0 Å². The molecule has 0 bridgehead atoms. The fraction of sp³-hybridized carbons (Fsp3) is 0.571. The van der Waals surface area contributed by atoms with Crippen LogP contribution in [0.15, 0.2) is 36.5 Å². The molecule has 3 fully saturated rings. The lowest BCUT2D eigenvalue weighted by atomic mass is 9.85. The first-order chi connectivity index (χ1) is 24.3. The largest absolute Gasteiger partial charge is 0.494 e. The minimum Gasteiger partial charge on any atom is -0.494 e. The molecule has 1 saturated heterocycles. The van der Waals surface area contributed by atoms with Gasteiger partial charge in [-0.25, -0.2) is 18.2 Å². The zero-order valence-electron chi connectivity index (χ0n) is 28.8. The molecule has 0 radical (unpaired) electrons. The van der Waals surface area contributed by atoms with Crippen LogP contribution in [0.2, 0.25) is 5.02 Å². The SMILES string of the molecule is CC[C@@H]1C[C@H](C)CC/C=C\C2CC2(C(=O)NS(=O)(=O)C2CC2)NC(=O)[C@@H]2C[C@@H](Oc3ncc(OC)c4ccc(Cl)cc34)CN2C(=O)[C@H]1NC(=O)O. The van der Waals surface area contributed by atoms with E-state index in [1.54, 1.807) is 18.2 Å². The third-order valence-electron chi connectivity index (χ3n) is 10.5. The molecule has 276 valence electrons. The van der Waals surface area contributed by atoms with E-state index >= 15 is 0 Å². The average Bonchev–Trinajstić information content (AvgIpc) is 4.01. The van der Waals surface area contributed by atoms with Gasteiger partial charge in [0.05, 0.1) is 25.1 Å². The summed E-state index contributed by atoms with van der Waals surface area (Å²) in [6.07, 6.45) is 6.67. The van der Waals surface area contributed by atoms with Crippen molar-refractivity contribution in [1.82, 2.24) is 25.2 Å². The van der Waals surface area contributed by atoms with Crippen LogP contribution in [0.25, 0.3) is 10.8 Å². The van der Waals surface area contributed by atoms with Gasteiger partial charge in [0, 0.05) is 28.1 Å². The first-order valence-electron chi connectivity index (χ1n) is 17.4. The number of amides is 4. The van der Waals surface area contributed by atoms with Crippen molar-refractivity contribution in [2.75, 3.05) is 13.7 Å². The Morgan fingerprint density at radius 2 is 1.94 bits per heavy atom. The summed E-state index contributed by atoms with van der Waals surface area (Å²) in [7, 11) is -2.40. The molecule has 7 atom stereocenters. The number of fused-ring (bicyclic) bond motifs is 3. The van der Waals surface area contributed by atoms with Crippen LogP contribution >= 0.6 is 11.6 Å². The molecule has 6 rings (SSSR count). The van der Waals surface area contributed by atoms with E-state index in [9.17, 15) is 32.7 Å². The summed E-state index contributed by atoms with van der Waals surface area (Å²) < 4.78 is 39.6. The Bertz CT molecular complexity index is 1850. The molecule has 14 nitrogen and oxygen atoms in total. The second-order valence-corrected chi connectivity index (χ2v) is 16.6. The zero-order chi connectivity index (χ0) is 36.7. The lowest BCUT2D eigenvalue weighted by Gasteiger charge is -2.33. The lowest BCUT2D eigenvalue weighted by Crippen LogP contribution is -2.59. The number of hydrogen-bond donors (Lipinski definition) is 4. The number of allylic oxidation sites excluding steroid dienone is 1. The number of ether oxygens (including phenoxy) is 2. The number of halogens is 1. The molecule has 16 heteroatoms. The number of carbonyl (C=O) groups excluding carboxylic acids is 3. The number of rotatable bonds is 8. The number of hydrogen-bond acceptors (Lipinski definition) is 9. The van der Waals surface area contributed by atoms with Crippen molar-refractivity contribution in [3.05, 3.63) is 41.6 Å². The number of aromatic nitrogens is 1. The summed E-state index contributed by atoms with van der Waals surface area (Å²) in [6.45, 7) is 3.85. The van der Waals surface area contributed by atoms with Crippen molar-refractivity contribution in [1.29, 1.82) is 0 Å². The Kier molecular flexibility index (Phi) is 10.4. The molecule has 4 aliphatic rings. The number of nitrogens with zero attached hydrogens (tertiary/aromatic N) is 2. The van der Waals surface area contributed by atoms with Gasteiger partial charge in [-0.2, -0.15) is 0 Å². The van der Waals surface area contributed by atoms with Crippen molar-refractivity contribution < 1.29 is 42.2 Å². The highest BCUT2D eigenvalue weighted by molar-refractivity contribution is 7.91. The van der Waals surface area contributed by atoms with Crippen molar-refractivity contribution >= 4 is 56.2 Å². The molecule has 0 spiro atoms. The van der Waals surface area contributed by atoms with Gasteiger partial charge >= 0.3 is 6.09 Å². The third-order valence-corrected chi connectivity index (χ3v) is 12.6. The highest BCUT2D eigenvalue weighted by Gasteiger charge is 2.62. The fourth-order valence-electron chi connectivity index (χ4n) is 7.43. The van der Waals surface area contributed by atoms with Crippen molar-refractivity contribution in [2.24, 2.45) is 17.8 Å². The standard InChI is InChI=1S/C35H44ClN5O9S/c1-4-20-13-19(2)7-5-6-8-21-16-35(21,33(44)40-51(47,48)24-10-11-24)39-30(42)27-15-23(18-41(27)32(43)29(20)38-34(45)46)50-31-26-14-22(36)9-12-25(26)28(49-3)17-37-31/h6,8-9,12,14,17,19-21,23-24,27,29,38H,4-5,7,10-11,13,15-16,18H2,1-3H3,(H,39,42)(H,40,44)(H,45,46)/b8-6-/t19-,20-,21?,23-,27+,29+,35?/m1/s1. The lowest BCUT2D eigenvalue weighted by molar-refractivity contribution is -0.142. The molecule has 4 N–H and O–H groups in total. The van der Waals surface area contributed by atoms with Crippen molar-refractivity contribution in [2.45, 2.75) is 94.2 Å². The quantitative estimate of drug-likeness (QED) is 0.289. The Labute approximate surface area is 301 Å². The first-order valence-corrected chi connectivity index (χ1v) is 19.3. The van der Waals surface area contributed by atoms with Gasteiger partial charge in [0.15, 0.2) is 0 Å². The summed E-state index contributed by atoms with van der Waals surface area (Å²) in [5.41, 5.74) is -1.54. The summed E-state index contributed by atoms with van der Waals surface area (Å²) in [5.74, 6) is -2.10. The average molecular weight is 746 g/mol. The highest BCUT2D eigenvalue weighted by atomic mass is 35.5. The van der Waals surface area contributed by atoms with Gasteiger partial charge in [-0.1, -0.05) is 44.0 Å². The topological polar surface area (TPSA) is 193 Å². The fourth-order valence-corrected chi connectivity index (χ4v) is 8.96. The number of carbonyl (C=O) groups is 4. The smallest absolute Gasteiger partial charge is 0.405 e. The molecular formula is C35H44ClN5O9S. The molecule has 2 aliphatic heterocycles. The second kappa shape index (κ2) is 14.5. The predicted octanol–water partition coefficient (Wildman–Crippen LogP) is 3.77. The number of benzene rings is 1. The van der Waals surface area contributed by atoms with Crippen LogP contribution in [-0.4, -0.2) is 89.9 Å². The van der Waals surface area contributed by atoms with E-state index in [4.69, 9.17) is 21.1 Å². The maximum Gasteiger partial charge on any atom is 0.405 e. The van der Waals surface area contributed by atoms with Crippen LogP contribution in [0, 0.1) is 17.8 Å². The number of methoxy groups -OCH3 is 1. The van der Waals surface area contributed by atoms with Gasteiger partial charge in [0.1, 0.15) is 29.5 Å². The molecular weight excluding hydrogens is 702 g/mol. The molecule has 2 aromatic rings. The number of carboxylic acid groups (broad SMARTS) is 1. The number of sulfonamides is 1. The Balaban J connectivity index is 1.36. The molecule has 2 aliphatic carbocycles. The molecule has 51 heavy (non-hydrogen) atoms. The van der Waals surface area contributed by atoms with E-state index < -0.39 is 68.7 Å². The summed E-state index contributed by atoms with van der Waals surface area (Å²) in [6, 6.07) is 2.81. The molecule has 1 aromatic heterocycles. The van der Waals surface area contributed by atoms with Crippen LogP contribution in [0.3, 0.4) is 0 Å². The van der Waals surface area contributed by atoms with Gasteiger partial charge in [-0.3, -0.25) is 19.1 Å². The maximum absolute atomic E-state index is 14.5. The van der Waals surface area contributed by atoms with Crippen molar-refractivity contribution in [3.63, 3.8) is 0 Å².